The third-order valence-corrected chi connectivity index (χ3v) is 3.23. The van der Waals surface area contributed by atoms with Crippen LogP contribution in [0.1, 0.15) is 39.0 Å². The Balaban J connectivity index is 2.21. The van der Waals surface area contributed by atoms with Crippen LogP contribution in [0.2, 0.25) is 0 Å². The second kappa shape index (κ2) is 6.86. The SMILES string of the molecule is CC(O)CCN1CCCC(CCC(=O)O)C1. The number of hydrogen-bond acceptors (Lipinski definition) is 3. The van der Waals surface area contributed by atoms with Crippen molar-refractivity contribution in [1.29, 1.82) is 0 Å². The molecule has 0 bridgehead atoms. The summed E-state index contributed by atoms with van der Waals surface area (Å²) >= 11 is 0. The maximum Gasteiger partial charge on any atom is 0.303 e. The Bertz CT molecular complexity index is 218. The summed E-state index contributed by atoms with van der Waals surface area (Å²) in [7, 11) is 0. The zero-order chi connectivity index (χ0) is 12.0. The summed E-state index contributed by atoms with van der Waals surface area (Å²) in [4.78, 5) is 12.8. The Kier molecular flexibility index (Phi) is 5.77. The molecule has 1 heterocycles. The van der Waals surface area contributed by atoms with Gasteiger partial charge in [-0.15, -0.1) is 0 Å². The lowest BCUT2D eigenvalue weighted by Crippen LogP contribution is -2.37. The molecule has 1 fully saturated rings. The van der Waals surface area contributed by atoms with E-state index in [0.717, 1.165) is 45.3 Å². The van der Waals surface area contributed by atoms with Gasteiger partial charge in [-0.2, -0.15) is 0 Å². The molecule has 0 amide bonds. The molecular formula is C12H23NO3. The van der Waals surface area contributed by atoms with Gasteiger partial charge in [0.15, 0.2) is 0 Å². The molecule has 2 unspecified atom stereocenters. The molecule has 16 heavy (non-hydrogen) atoms. The quantitative estimate of drug-likeness (QED) is 0.721. The van der Waals surface area contributed by atoms with Gasteiger partial charge in [0.25, 0.3) is 0 Å². The van der Waals surface area contributed by atoms with Crippen molar-refractivity contribution >= 4 is 5.97 Å². The van der Waals surface area contributed by atoms with Crippen LogP contribution in [0, 0.1) is 5.92 Å². The molecule has 4 heteroatoms. The molecule has 1 aliphatic heterocycles. The smallest absolute Gasteiger partial charge is 0.303 e. The Labute approximate surface area is 97.3 Å². The van der Waals surface area contributed by atoms with Gasteiger partial charge in [-0.05, 0) is 45.1 Å². The summed E-state index contributed by atoms with van der Waals surface area (Å²) in [5, 5.41) is 17.9. The van der Waals surface area contributed by atoms with Crippen LogP contribution in [0.3, 0.4) is 0 Å². The monoisotopic (exact) mass is 229 g/mol. The molecule has 1 saturated heterocycles. The first-order valence-electron chi connectivity index (χ1n) is 6.20. The van der Waals surface area contributed by atoms with Crippen molar-refractivity contribution < 1.29 is 15.0 Å². The summed E-state index contributed by atoms with van der Waals surface area (Å²) < 4.78 is 0. The van der Waals surface area contributed by atoms with Crippen LogP contribution in [0.25, 0.3) is 0 Å². The van der Waals surface area contributed by atoms with Gasteiger partial charge in [0.2, 0.25) is 0 Å². The first kappa shape index (κ1) is 13.5. The van der Waals surface area contributed by atoms with Crippen LogP contribution in [0.5, 0.6) is 0 Å². The van der Waals surface area contributed by atoms with Crippen molar-refractivity contribution in [3.05, 3.63) is 0 Å². The van der Waals surface area contributed by atoms with E-state index in [4.69, 9.17) is 5.11 Å². The summed E-state index contributed by atoms with van der Waals surface area (Å²) in [6.07, 6.45) is 3.96. The maximum absolute atomic E-state index is 10.5. The van der Waals surface area contributed by atoms with E-state index in [0.29, 0.717) is 5.92 Å². The van der Waals surface area contributed by atoms with Crippen molar-refractivity contribution in [1.82, 2.24) is 4.90 Å². The lowest BCUT2D eigenvalue weighted by molar-refractivity contribution is -0.137. The van der Waals surface area contributed by atoms with E-state index in [1.165, 1.54) is 0 Å². The number of piperidine rings is 1. The van der Waals surface area contributed by atoms with Crippen molar-refractivity contribution in [2.24, 2.45) is 5.92 Å². The number of carboxylic acid groups (broad SMARTS) is 1. The van der Waals surface area contributed by atoms with Gasteiger partial charge in [0, 0.05) is 19.5 Å². The van der Waals surface area contributed by atoms with Gasteiger partial charge < -0.3 is 15.1 Å². The molecule has 94 valence electrons. The zero-order valence-corrected chi connectivity index (χ0v) is 10.1. The summed E-state index contributed by atoms with van der Waals surface area (Å²) in [5.41, 5.74) is 0. The van der Waals surface area contributed by atoms with Crippen LogP contribution in [0.4, 0.5) is 0 Å². The van der Waals surface area contributed by atoms with E-state index < -0.39 is 5.97 Å². The summed E-state index contributed by atoms with van der Waals surface area (Å²) in [6.45, 7) is 4.84. The molecule has 0 radical (unpaired) electrons. The standard InChI is InChI=1S/C12H23NO3/c1-10(14)6-8-13-7-2-3-11(9-13)4-5-12(15)16/h10-11,14H,2-9H2,1H3,(H,15,16). The Morgan fingerprint density at radius 2 is 2.31 bits per heavy atom. The highest BCUT2D eigenvalue weighted by atomic mass is 16.4. The minimum Gasteiger partial charge on any atom is -0.481 e. The summed E-state index contributed by atoms with van der Waals surface area (Å²) in [5.74, 6) is -0.167. The number of rotatable bonds is 6. The topological polar surface area (TPSA) is 60.8 Å². The number of aliphatic carboxylic acids is 1. The summed E-state index contributed by atoms with van der Waals surface area (Å²) in [6, 6.07) is 0. The highest BCUT2D eigenvalue weighted by molar-refractivity contribution is 5.66. The fourth-order valence-electron chi connectivity index (χ4n) is 2.29. The predicted molar refractivity (Wildman–Crippen MR) is 62.3 cm³/mol. The molecule has 0 aromatic rings. The van der Waals surface area contributed by atoms with Crippen LogP contribution in [-0.4, -0.2) is 46.8 Å². The molecule has 0 aliphatic carbocycles. The Morgan fingerprint density at radius 1 is 1.56 bits per heavy atom. The predicted octanol–water partition coefficient (Wildman–Crippen LogP) is 1.33. The molecule has 0 spiro atoms. The average molecular weight is 229 g/mol. The lowest BCUT2D eigenvalue weighted by Gasteiger charge is -2.32. The van der Waals surface area contributed by atoms with Gasteiger partial charge >= 0.3 is 5.97 Å². The highest BCUT2D eigenvalue weighted by Gasteiger charge is 2.20. The van der Waals surface area contributed by atoms with Gasteiger partial charge in [-0.1, -0.05) is 0 Å². The molecule has 2 N–H and O–H groups in total. The number of carboxylic acids is 1. The Morgan fingerprint density at radius 3 is 2.94 bits per heavy atom. The number of aliphatic hydroxyl groups is 1. The normalized spacial score (nSPS) is 24.2. The first-order valence-corrected chi connectivity index (χ1v) is 6.20. The minimum atomic E-state index is -0.693. The molecule has 0 aromatic heterocycles. The molecule has 1 rings (SSSR count). The fourth-order valence-corrected chi connectivity index (χ4v) is 2.29. The largest absolute Gasteiger partial charge is 0.481 e. The molecule has 4 nitrogen and oxygen atoms in total. The number of carbonyl (C=O) groups is 1. The van der Waals surface area contributed by atoms with Gasteiger partial charge in [0.05, 0.1) is 6.10 Å². The molecular weight excluding hydrogens is 206 g/mol. The Hall–Kier alpha value is -0.610. The van der Waals surface area contributed by atoms with Crippen molar-refractivity contribution in [2.75, 3.05) is 19.6 Å². The van der Waals surface area contributed by atoms with Crippen LogP contribution in [-0.2, 0) is 4.79 Å². The van der Waals surface area contributed by atoms with Crippen molar-refractivity contribution in [2.45, 2.75) is 45.1 Å². The van der Waals surface area contributed by atoms with Gasteiger partial charge in [0.1, 0.15) is 0 Å². The third-order valence-electron chi connectivity index (χ3n) is 3.23. The van der Waals surface area contributed by atoms with E-state index in [1.54, 1.807) is 0 Å². The highest BCUT2D eigenvalue weighted by Crippen LogP contribution is 2.21. The number of aliphatic hydroxyl groups excluding tert-OH is 1. The number of likely N-dealkylation sites (tertiary alicyclic amines) is 1. The van der Waals surface area contributed by atoms with Crippen LogP contribution >= 0.6 is 0 Å². The second-order valence-corrected chi connectivity index (χ2v) is 4.88. The van der Waals surface area contributed by atoms with Crippen LogP contribution in [0.15, 0.2) is 0 Å². The van der Waals surface area contributed by atoms with E-state index >= 15 is 0 Å². The number of hydrogen-bond donors (Lipinski definition) is 2. The zero-order valence-electron chi connectivity index (χ0n) is 10.1. The van der Waals surface area contributed by atoms with E-state index in [9.17, 15) is 9.90 Å². The second-order valence-electron chi connectivity index (χ2n) is 4.88. The molecule has 0 saturated carbocycles. The van der Waals surface area contributed by atoms with E-state index in [1.807, 2.05) is 6.92 Å². The fraction of sp³-hybridized carbons (Fsp3) is 0.917. The van der Waals surface area contributed by atoms with Crippen LogP contribution < -0.4 is 0 Å². The molecule has 2 atom stereocenters. The van der Waals surface area contributed by atoms with Crippen molar-refractivity contribution in [3.63, 3.8) is 0 Å². The minimum absolute atomic E-state index is 0.237. The molecule has 0 aromatic carbocycles. The maximum atomic E-state index is 10.5. The third kappa shape index (κ3) is 5.47. The first-order chi connectivity index (χ1) is 7.58. The van der Waals surface area contributed by atoms with Gasteiger partial charge in [-0.25, -0.2) is 0 Å². The molecule has 1 aliphatic rings. The lowest BCUT2D eigenvalue weighted by atomic mass is 9.93. The number of nitrogens with zero attached hydrogens (tertiary/aromatic N) is 1. The van der Waals surface area contributed by atoms with Gasteiger partial charge in [-0.3, -0.25) is 4.79 Å². The average Bonchev–Trinajstić information content (AvgIpc) is 2.24. The van der Waals surface area contributed by atoms with E-state index in [-0.39, 0.29) is 12.5 Å². The van der Waals surface area contributed by atoms with E-state index in [2.05, 4.69) is 4.90 Å². The van der Waals surface area contributed by atoms with Crippen molar-refractivity contribution in [3.8, 4) is 0 Å².